The molecule has 0 aliphatic heterocycles. The van der Waals surface area contributed by atoms with E-state index in [0.717, 1.165) is 27.7 Å². The zero-order valence-electron chi connectivity index (χ0n) is 9.13. The number of Topliss-reactive ketones (excluding diaryl/α,β-unsaturated/α-hetero) is 1. The van der Waals surface area contributed by atoms with E-state index in [1.807, 2.05) is 27.1 Å². The number of halogens is 1. The van der Waals surface area contributed by atoms with E-state index in [-0.39, 0.29) is 11.2 Å². The molecule has 1 heterocycles. The highest BCUT2D eigenvalue weighted by atomic mass is 35.5. The van der Waals surface area contributed by atoms with E-state index < -0.39 is 0 Å². The molecule has 0 aromatic carbocycles. The van der Waals surface area contributed by atoms with Crippen LogP contribution < -0.4 is 0 Å². The van der Waals surface area contributed by atoms with Gasteiger partial charge in [0.2, 0.25) is 0 Å². The normalized spacial score (nSPS) is 25.0. The lowest BCUT2D eigenvalue weighted by Crippen LogP contribution is -2.36. The van der Waals surface area contributed by atoms with E-state index >= 15 is 0 Å². The van der Waals surface area contributed by atoms with Gasteiger partial charge in [0.25, 0.3) is 0 Å². The smallest absolute Gasteiger partial charge is 0.180 e. The summed E-state index contributed by atoms with van der Waals surface area (Å²) in [5, 5.41) is 0. The molecule has 0 N–H and O–H groups in total. The van der Waals surface area contributed by atoms with Gasteiger partial charge in [0.1, 0.15) is 0 Å². The van der Waals surface area contributed by atoms with Crippen LogP contribution >= 0.6 is 22.9 Å². The van der Waals surface area contributed by atoms with Crippen LogP contribution in [0.3, 0.4) is 0 Å². The highest BCUT2D eigenvalue weighted by Crippen LogP contribution is 2.42. The molecule has 2 nitrogen and oxygen atoms in total. The Morgan fingerprint density at radius 1 is 1.60 bits per heavy atom. The van der Waals surface area contributed by atoms with Crippen molar-refractivity contribution in [1.29, 1.82) is 0 Å². The molecule has 1 unspecified atom stereocenters. The standard InChI is InChI=1S/C11H14ClNOS/c1-11(6-13(2)3)5-7-4-8(12)15-9(7)10(11)14/h4H,5-6H2,1-3H3. The molecule has 1 aliphatic rings. The molecule has 4 heteroatoms. The molecule has 1 aliphatic carbocycles. The fourth-order valence-corrected chi connectivity index (χ4v) is 3.68. The second kappa shape index (κ2) is 3.58. The summed E-state index contributed by atoms with van der Waals surface area (Å²) in [7, 11) is 4.00. The van der Waals surface area contributed by atoms with Gasteiger partial charge in [0, 0.05) is 12.0 Å². The SMILES string of the molecule is CN(C)CC1(C)Cc2cc(Cl)sc2C1=O. The molecular formula is C11H14ClNOS. The zero-order chi connectivity index (χ0) is 11.2. The van der Waals surface area contributed by atoms with Crippen LogP contribution in [-0.2, 0) is 6.42 Å². The van der Waals surface area contributed by atoms with Gasteiger partial charge in [-0.3, -0.25) is 4.79 Å². The number of thiophene rings is 1. The van der Waals surface area contributed by atoms with Crippen molar-refractivity contribution in [3.8, 4) is 0 Å². The van der Waals surface area contributed by atoms with Gasteiger partial charge in [-0.25, -0.2) is 0 Å². The van der Waals surface area contributed by atoms with E-state index in [1.54, 1.807) is 0 Å². The molecule has 1 atom stereocenters. The van der Waals surface area contributed by atoms with Crippen LogP contribution in [-0.4, -0.2) is 31.3 Å². The minimum atomic E-state index is -0.255. The van der Waals surface area contributed by atoms with Crippen LogP contribution in [0.2, 0.25) is 4.34 Å². The Bertz CT molecular complexity index is 413. The zero-order valence-corrected chi connectivity index (χ0v) is 10.7. The Morgan fingerprint density at radius 3 is 2.80 bits per heavy atom. The first-order chi connectivity index (χ1) is 6.92. The van der Waals surface area contributed by atoms with Crippen molar-refractivity contribution in [3.63, 3.8) is 0 Å². The summed E-state index contributed by atoms with van der Waals surface area (Å²) in [5.41, 5.74) is 0.870. The van der Waals surface area contributed by atoms with Crippen molar-refractivity contribution in [2.45, 2.75) is 13.3 Å². The fourth-order valence-electron chi connectivity index (χ4n) is 2.32. The Morgan fingerprint density at radius 2 is 2.27 bits per heavy atom. The van der Waals surface area contributed by atoms with Crippen LogP contribution in [0.5, 0.6) is 0 Å². The van der Waals surface area contributed by atoms with Crippen LogP contribution in [0.15, 0.2) is 6.07 Å². The van der Waals surface area contributed by atoms with Gasteiger partial charge in [0.05, 0.1) is 9.21 Å². The highest BCUT2D eigenvalue weighted by Gasteiger charge is 2.43. The first-order valence-corrected chi connectivity index (χ1v) is 6.09. The van der Waals surface area contributed by atoms with Gasteiger partial charge in [-0.2, -0.15) is 0 Å². The number of carbonyl (C=O) groups excluding carboxylic acids is 1. The Hall–Kier alpha value is -0.380. The van der Waals surface area contributed by atoms with Gasteiger partial charge < -0.3 is 4.90 Å². The quantitative estimate of drug-likeness (QED) is 0.796. The van der Waals surface area contributed by atoms with Crippen molar-refractivity contribution in [2.75, 3.05) is 20.6 Å². The summed E-state index contributed by atoms with van der Waals surface area (Å²) >= 11 is 7.31. The lowest BCUT2D eigenvalue weighted by molar-refractivity contribution is 0.0802. The predicted octanol–water partition coefficient (Wildman–Crippen LogP) is 2.71. The maximum atomic E-state index is 12.2. The molecule has 0 saturated heterocycles. The van der Waals surface area contributed by atoms with Crippen molar-refractivity contribution < 1.29 is 4.79 Å². The number of fused-ring (bicyclic) bond motifs is 1. The summed E-state index contributed by atoms with van der Waals surface area (Å²) in [6.45, 7) is 2.83. The first-order valence-electron chi connectivity index (χ1n) is 4.90. The third-order valence-electron chi connectivity index (χ3n) is 2.78. The monoisotopic (exact) mass is 243 g/mol. The van der Waals surface area contributed by atoms with Crippen LogP contribution in [0.4, 0.5) is 0 Å². The van der Waals surface area contributed by atoms with Crippen molar-refractivity contribution in [3.05, 3.63) is 20.8 Å². The minimum Gasteiger partial charge on any atom is -0.308 e. The van der Waals surface area contributed by atoms with Gasteiger partial charge in [0.15, 0.2) is 5.78 Å². The Kier molecular flexibility index (Phi) is 2.65. The molecular weight excluding hydrogens is 230 g/mol. The minimum absolute atomic E-state index is 0.253. The third kappa shape index (κ3) is 1.84. The molecule has 0 amide bonds. The van der Waals surface area contributed by atoms with E-state index in [9.17, 15) is 4.79 Å². The lowest BCUT2D eigenvalue weighted by atomic mass is 9.86. The summed E-state index contributed by atoms with van der Waals surface area (Å²) in [6.07, 6.45) is 0.822. The van der Waals surface area contributed by atoms with E-state index in [0.29, 0.717) is 0 Å². The second-order valence-electron chi connectivity index (χ2n) is 4.71. The largest absolute Gasteiger partial charge is 0.308 e. The molecule has 0 radical (unpaired) electrons. The highest BCUT2D eigenvalue weighted by molar-refractivity contribution is 7.18. The average molecular weight is 244 g/mol. The summed E-state index contributed by atoms with van der Waals surface area (Å²) < 4.78 is 0.722. The number of hydrogen-bond donors (Lipinski definition) is 0. The fraction of sp³-hybridized carbons (Fsp3) is 0.545. The van der Waals surface area contributed by atoms with Crippen molar-refractivity contribution in [2.24, 2.45) is 5.41 Å². The second-order valence-corrected chi connectivity index (χ2v) is 6.39. The van der Waals surface area contributed by atoms with E-state index in [2.05, 4.69) is 4.90 Å². The van der Waals surface area contributed by atoms with Gasteiger partial charge in [-0.1, -0.05) is 18.5 Å². The molecule has 2 rings (SSSR count). The van der Waals surface area contributed by atoms with Crippen LogP contribution in [0.25, 0.3) is 0 Å². The van der Waals surface area contributed by atoms with E-state index in [4.69, 9.17) is 11.6 Å². The van der Waals surface area contributed by atoms with Crippen LogP contribution in [0, 0.1) is 5.41 Å². The van der Waals surface area contributed by atoms with Crippen LogP contribution in [0.1, 0.15) is 22.2 Å². The molecule has 0 fully saturated rings. The molecule has 1 aromatic heterocycles. The maximum absolute atomic E-state index is 12.2. The summed E-state index contributed by atoms with van der Waals surface area (Å²) in [4.78, 5) is 15.1. The number of ketones is 1. The van der Waals surface area contributed by atoms with Crippen molar-refractivity contribution >= 4 is 28.7 Å². The van der Waals surface area contributed by atoms with Gasteiger partial charge in [-0.15, -0.1) is 11.3 Å². The number of hydrogen-bond acceptors (Lipinski definition) is 3. The number of nitrogens with zero attached hydrogens (tertiary/aromatic N) is 1. The molecule has 0 saturated carbocycles. The topological polar surface area (TPSA) is 20.3 Å². The average Bonchev–Trinajstić information content (AvgIpc) is 2.51. The Balaban J connectivity index is 2.30. The molecule has 0 bridgehead atoms. The summed E-state index contributed by atoms with van der Waals surface area (Å²) in [6, 6.07) is 1.93. The number of rotatable bonds is 2. The molecule has 1 aromatic rings. The molecule has 15 heavy (non-hydrogen) atoms. The van der Waals surface area contributed by atoms with Crippen molar-refractivity contribution in [1.82, 2.24) is 4.90 Å². The lowest BCUT2D eigenvalue weighted by Gasteiger charge is -2.25. The third-order valence-corrected chi connectivity index (χ3v) is 4.08. The molecule has 0 spiro atoms. The van der Waals surface area contributed by atoms with Gasteiger partial charge in [-0.05, 0) is 32.1 Å². The maximum Gasteiger partial charge on any atom is 0.180 e. The Labute approximate surface area is 98.8 Å². The molecule has 82 valence electrons. The number of carbonyl (C=O) groups is 1. The first kappa shape index (κ1) is 11.1. The van der Waals surface area contributed by atoms with E-state index in [1.165, 1.54) is 11.3 Å². The predicted molar refractivity (Wildman–Crippen MR) is 64.0 cm³/mol. The van der Waals surface area contributed by atoms with Gasteiger partial charge >= 0.3 is 0 Å². The summed E-state index contributed by atoms with van der Waals surface area (Å²) in [5.74, 6) is 0.253.